The highest BCUT2D eigenvalue weighted by atomic mass is 35.5. The Morgan fingerprint density at radius 1 is 0.929 bits per heavy atom. The number of nitrogens with zero attached hydrogens (tertiary/aromatic N) is 5. The fourth-order valence-electron chi connectivity index (χ4n) is 6.27. The van der Waals surface area contributed by atoms with Crippen LogP contribution in [0.2, 0.25) is 10.0 Å². The first-order valence-electron chi connectivity index (χ1n) is 15.0. The predicted octanol–water partition coefficient (Wildman–Crippen LogP) is 6.85. The molecule has 0 fully saturated rings. The number of anilines is 2. The average molecular weight is 612 g/mol. The van der Waals surface area contributed by atoms with Crippen LogP contribution in [0.4, 0.5) is 11.5 Å². The number of halogens is 2. The lowest BCUT2D eigenvalue weighted by molar-refractivity contribution is -0.126. The van der Waals surface area contributed by atoms with E-state index < -0.39 is 5.41 Å². The second-order valence-electron chi connectivity index (χ2n) is 11.8. The van der Waals surface area contributed by atoms with Crippen LogP contribution >= 0.6 is 23.2 Å². The summed E-state index contributed by atoms with van der Waals surface area (Å²) < 4.78 is 1.68. The van der Waals surface area contributed by atoms with Crippen LogP contribution in [0.15, 0.2) is 42.5 Å². The summed E-state index contributed by atoms with van der Waals surface area (Å²) >= 11 is 12.6. The van der Waals surface area contributed by atoms with Gasteiger partial charge in [-0.15, -0.1) is 5.10 Å². The summed E-state index contributed by atoms with van der Waals surface area (Å²) in [5, 5.41) is 13.1. The molecule has 0 saturated carbocycles. The highest BCUT2D eigenvalue weighted by Crippen LogP contribution is 2.52. The van der Waals surface area contributed by atoms with Crippen molar-refractivity contribution < 1.29 is 9.59 Å². The van der Waals surface area contributed by atoms with Gasteiger partial charge in [0.15, 0.2) is 5.82 Å². The molecule has 2 atom stereocenters. The van der Waals surface area contributed by atoms with Gasteiger partial charge in [-0.25, -0.2) is 4.68 Å². The Kier molecular flexibility index (Phi) is 9.55. The maximum absolute atomic E-state index is 14.4. The molecule has 8 nitrogen and oxygen atoms in total. The fourth-order valence-corrected chi connectivity index (χ4v) is 6.57. The molecule has 224 valence electrons. The van der Waals surface area contributed by atoms with Gasteiger partial charge in [-0.2, -0.15) is 0 Å². The number of nitrogens with one attached hydrogen (secondary N) is 1. The molecule has 5 rings (SSSR count). The van der Waals surface area contributed by atoms with Crippen LogP contribution in [-0.4, -0.2) is 58.9 Å². The fraction of sp³-hybridized carbons (Fsp3) is 0.500. The van der Waals surface area contributed by atoms with Crippen LogP contribution in [0, 0.1) is 0 Å². The third-order valence-corrected chi connectivity index (χ3v) is 9.05. The van der Waals surface area contributed by atoms with E-state index in [1.807, 2.05) is 48.2 Å². The van der Waals surface area contributed by atoms with Crippen molar-refractivity contribution in [3.05, 3.63) is 69.3 Å². The van der Waals surface area contributed by atoms with Crippen LogP contribution in [0.25, 0.3) is 0 Å². The van der Waals surface area contributed by atoms with E-state index in [2.05, 4.69) is 34.6 Å². The van der Waals surface area contributed by atoms with Gasteiger partial charge in [0.1, 0.15) is 11.1 Å². The van der Waals surface area contributed by atoms with Gasteiger partial charge < -0.3 is 15.1 Å². The highest BCUT2D eigenvalue weighted by Gasteiger charge is 2.58. The zero-order valence-electron chi connectivity index (χ0n) is 24.7. The van der Waals surface area contributed by atoms with Crippen LogP contribution < -0.4 is 10.2 Å². The van der Waals surface area contributed by atoms with Crippen molar-refractivity contribution >= 4 is 46.5 Å². The van der Waals surface area contributed by atoms with Crippen molar-refractivity contribution in [3.8, 4) is 0 Å². The van der Waals surface area contributed by atoms with Crippen molar-refractivity contribution in [2.75, 3.05) is 37.4 Å². The van der Waals surface area contributed by atoms with E-state index in [0.29, 0.717) is 28.1 Å². The summed E-state index contributed by atoms with van der Waals surface area (Å²) in [6, 6.07) is 12.8. The normalized spacial score (nSPS) is 18.5. The molecule has 2 aromatic carbocycles. The number of amides is 2. The Morgan fingerprint density at radius 3 is 2.26 bits per heavy atom. The highest BCUT2D eigenvalue weighted by molar-refractivity contribution is 6.31. The van der Waals surface area contributed by atoms with Crippen molar-refractivity contribution in [1.82, 2.24) is 19.9 Å². The lowest BCUT2D eigenvalue weighted by Crippen LogP contribution is -2.47. The van der Waals surface area contributed by atoms with E-state index >= 15 is 0 Å². The Morgan fingerprint density at radius 2 is 1.57 bits per heavy atom. The molecule has 0 saturated heterocycles. The molecule has 0 aliphatic carbocycles. The van der Waals surface area contributed by atoms with Gasteiger partial charge >= 0.3 is 0 Å². The third kappa shape index (κ3) is 6.08. The number of fused-ring (bicyclic) bond motifs is 4. The molecule has 1 aromatic heterocycles. The maximum atomic E-state index is 14.4. The summed E-state index contributed by atoms with van der Waals surface area (Å²) in [7, 11) is 4.24. The quantitative estimate of drug-likeness (QED) is 0.214. The largest absolute Gasteiger partial charge is 0.311 e. The van der Waals surface area contributed by atoms with Gasteiger partial charge in [-0.05, 0) is 81.9 Å². The second kappa shape index (κ2) is 13.1. The first-order valence-corrected chi connectivity index (χ1v) is 15.8. The molecule has 1 spiro atoms. The van der Waals surface area contributed by atoms with Gasteiger partial charge in [0.2, 0.25) is 11.8 Å². The number of carbonyl (C=O) groups is 2. The van der Waals surface area contributed by atoms with Crippen molar-refractivity contribution in [2.45, 2.75) is 76.2 Å². The standard InChI is InChI=1S/C32H40Cl2N6O2/c1-22(23-12-14-24(33)15-13-23)40-30-29(36-37-40)32(21-28(41)35-30)26-20-25(34)16-17-27(26)39(31(32)42)19-11-9-7-5-4-6-8-10-18-38(2)3/h12-17,20,22H,4-11,18-19,21H2,1-3H3,(H,35,41)/t22-,32+/m0/s1. The van der Waals surface area contributed by atoms with Gasteiger partial charge in [-0.3, -0.25) is 9.59 Å². The first-order chi connectivity index (χ1) is 20.2. The minimum Gasteiger partial charge on any atom is -0.311 e. The molecule has 3 aromatic rings. The monoisotopic (exact) mass is 610 g/mol. The molecule has 2 amide bonds. The zero-order chi connectivity index (χ0) is 29.9. The van der Waals surface area contributed by atoms with Crippen molar-refractivity contribution in [2.24, 2.45) is 0 Å². The van der Waals surface area contributed by atoms with Gasteiger partial charge in [-0.1, -0.05) is 79.1 Å². The van der Waals surface area contributed by atoms with Crippen LogP contribution in [0.1, 0.15) is 87.6 Å². The SMILES string of the molecule is C[C@@H](c1ccc(Cl)cc1)n1nnc2c1NC(=O)C[C@]21C(=O)N(CCCCCCCCCCN(C)C)c2ccc(Cl)cc21. The summed E-state index contributed by atoms with van der Waals surface area (Å²) in [6.07, 6.45) is 9.33. The maximum Gasteiger partial charge on any atom is 0.244 e. The van der Waals surface area contributed by atoms with Crippen LogP contribution in [-0.2, 0) is 15.0 Å². The number of unbranched alkanes of at least 4 members (excludes halogenated alkanes) is 7. The molecule has 0 unspecified atom stereocenters. The number of hydrogen-bond acceptors (Lipinski definition) is 5. The Bertz CT molecular complexity index is 1420. The van der Waals surface area contributed by atoms with Crippen molar-refractivity contribution in [1.29, 1.82) is 0 Å². The van der Waals surface area contributed by atoms with Crippen LogP contribution in [0.3, 0.4) is 0 Å². The molecule has 1 N–H and O–H groups in total. The lowest BCUT2D eigenvalue weighted by atomic mass is 9.73. The van der Waals surface area contributed by atoms with E-state index in [1.165, 1.54) is 32.1 Å². The molecule has 2 aliphatic rings. The number of benzene rings is 2. The first kappa shape index (κ1) is 30.5. The van der Waals surface area contributed by atoms with E-state index in [0.717, 1.165) is 42.6 Å². The molecule has 2 aliphatic heterocycles. The van der Waals surface area contributed by atoms with E-state index in [1.54, 1.807) is 10.7 Å². The molecule has 3 heterocycles. The topological polar surface area (TPSA) is 83.4 Å². The summed E-state index contributed by atoms with van der Waals surface area (Å²) in [5.74, 6) is 0.0597. The molecule has 0 bridgehead atoms. The van der Waals surface area contributed by atoms with Crippen molar-refractivity contribution in [3.63, 3.8) is 0 Å². The summed E-state index contributed by atoms with van der Waals surface area (Å²) in [4.78, 5) is 31.7. The number of carbonyl (C=O) groups excluding carboxylic acids is 2. The second-order valence-corrected chi connectivity index (χ2v) is 12.7. The van der Waals surface area contributed by atoms with E-state index in [9.17, 15) is 9.59 Å². The molecule has 42 heavy (non-hydrogen) atoms. The lowest BCUT2D eigenvalue weighted by Gasteiger charge is -2.31. The van der Waals surface area contributed by atoms with Gasteiger partial charge in [0.05, 0.1) is 12.5 Å². The van der Waals surface area contributed by atoms with Gasteiger partial charge in [0.25, 0.3) is 0 Å². The average Bonchev–Trinajstić information content (AvgIpc) is 3.47. The Balaban J connectivity index is 1.33. The smallest absolute Gasteiger partial charge is 0.244 e. The van der Waals surface area contributed by atoms with E-state index in [-0.39, 0.29) is 24.3 Å². The van der Waals surface area contributed by atoms with Crippen LogP contribution in [0.5, 0.6) is 0 Å². The van der Waals surface area contributed by atoms with Gasteiger partial charge in [0, 0.05) is 22.3 Å². The Labute approximate surface area is 258 Å². The predicted molar refractivity (Wildman–Crippen MR) is 169 cm³/mol. The zero-order valence-corrected chi connectivity index (χ0v) is 26.2. The minimum absolute atomic E-state index is 0.0372. The summed E-state index contributed by atoms with van der Waals surface area (Å²) in [5.41, 5.74) is 1.68. The summed E-state index contributed by atoms with van der Waals surface area (Å²) in [6.45, 7) is 3.71. The molecule has 10 heteroatoms. The third-order valence-electron chi connectivity index (χ3n) is 8.56. The number of hydrogen-bond donors (Lipinski definition) is 1. The molecular formula is C32H40Cl2N6O2. The Hall–Kier alpha value is -2.94. The number of rotatable bonds is 13. The molecular weight excluding hydrogens is 571 g/mol. The van der Waals surface area contributed by atoms with E-state index in [4.69, 9.17) is 23.2 Å². The minimum atomic E-state index is -1.26. The number of aromatic nitrogens is 3. The molecule has 0 radical (unpaired) electrons.